The zero-order valence-corrected chi connectivity index (χ0v) is 14.7. The summed E-state index contributed by atoms with van der Waals surface area (Å²) in [5.74, 6) is 1.76. The van der Waals surface area contributed by atoms with Crippen molar-refractivity contribution in [2.45, 2.75) is 38.0 Å². The molecular formula is C17H20BrN3O2. The monoisotopic (exact) mass is 377 g/mol. The lowest BCUT2D eigenvalue weighted by molar-refractivity contribution is -0.0166. The van der Waals surface area contributed by atoms with Crippen molar-refractivity contribution in [1.82, 2.24) is 0 Å². The Bertz CT molecular complexity index is 677. The van der Waals surface area contributed by atoms with E-state index in [-0.39, 0.29) is 6.10 Å². The third kappa shape index (κ3) is 2.58. The molecule has 3 heterocycles. The summed E-state index contributed by atoms with van der Waals surface area (Å²) in [6.45, 7) is 3.51. The van der Waals surface area contributed by atoms with Gasteiger partial charge in [0.05, 0.1) is 12.3 Å². The van der Waals surface area contributed by atoms with Crippen molar-refractivity contribution in [2.24, 2.45) is 21.6 Å². The van der Waals surface area contributed by atoms with Gasteiger partial charge in [0.15, 0.2) is 5.66 Å². The van der Waals surface area contributed by atoms with E-state index in [9.17, 15) is 0 Å². The molecule has 3 aliphatic rings. The van der Waals surface area contributed by atoms with E-state index in [2.05, 4.69) is 15.9 Å². The number of aliphatic imine (C=N–C) groups is 2. The van der Waals surface area contributed by atoms with Crippen LogP contribution in [-0.4, -0.2) is 30.9 Å². The Morgan fingerprint density at radius 2 is 2.22 bits per heavy atom. The van der Waals surface area contributed by atoms with Gasteiger partial charge in [-0.1, -0.05) is 15.9 Å². The molecule has 0 bridgehead atoms. The van der Waals surface area contributed by atoms with Gasteiger partial charge in [-0.05, 0) is 38.0 Å². The second-order valence-electron chi connectivity index (χ2n) is 6.49. The van der Waals surface area contributed by atoms with Crippen molar-refractivity contribution in [3.8, 4) is 5.75 Å². The Balaban J connectivity index is 1.77. The number of nitrogens with zero attached hydrogens (tertiary/aromatic N) is 2. The van der Waals surface area contributed by atoms with Crippen LogP contribution in [-0.2, 0) is 10.4 Å². The standard InChI is InChI=1S/C17H20BrN3O2/c1-10-16(19)21-17(20-10)8-15(11-3-2-6-22-9-11)23-14-5-4-12(18)7-13(14)17/h4-5,7,11,15H,2-3,6,8-9H2,1H3,(H2,19,21)/t11-,15-,17-/m1/s1. The van der Waals surface area contributed by atoms with Crippen LogP contribution < -0.4 is 10.5 Å². The molecule has 0 aromatic heterocycles. The molecule has 2 N–H and O–H groups in total. The van der Waals surface area contributed by atoms with Crippen LogP contribution in [0.3, 0.4) is 0 Å². The van der Waals surface area contributed by atoms with E-state index in [0.29, 0.717) is 18.2 Å². The zero-order valence-electron chi connectivity index (χ0n) is 13.1. The largest absolute Gasteiger partial charge is 0.489 e. The highest BCUT2D eigenvalue weighted by molar-refractivity contribution is 9.10. The molecule has 1 spiro atoms. The molecule has 1 saturated heterocycles. The maximum Gasteiger partial charge on any atom is 0.185 e. The van der Waals surface area contributed by atoms with Crippen LogP contribution in [0.1, 0.15) is 31.7 Å². The third-order valence-electron chi connectivity index (χ3n) is 4.89. The number of hydrogen-bond acceptors (Lipinski definition) is 5. The van der Waals surface area contributed by atoms with Gasteiger partial charge in [0.2, 0.25) is 0 Å². The minimum Gasteiger partial charge on any atom is -0.489 e. The summed E-state index contributed by atoms with van der Waals surface area (Å²) in [4.78, 5) is 9.57. The molecule has 122 valence electrons. The van der Waals surface area contributed by atoms with E-state index in [4.69, 9.17) is 25.2 Å². The highest BCUT2D eigenvalue weighted by Gasteiger charge is 2.47. The first-order valence-corrected chi connectivity index (χ1v) is 8.83. The molecule has 3 atom stereocenters. The van der Waals surface area contributed by atoms with Crippen LogP contribution in [0, 0.1) is 5.92 Å². The van der Waals surface area contributed by atoms with Gasteiger partial charge in [-0.15, -0.1) is 0 Å². The molecule has 3 aliphatic heterocycles. The normalized spacial score (nSPS) is 33.0. The highest BCUT2D eigenvalue weighted by Crippen LogP contribution is 2.48. The molecule has 23 heavy (non-hydrogen) atoms. The predicted octanol–water partition coefficient (Wildman–Crippen LogP) is 3.01. The Kier molecular flexibility index (Phi) is 3.69. The van der Waals surface area contributed by atoms with Crippen molar-refractivity contribution in [3.05, 3.63) is 28.2 Å². The van der Waals surface area contributed by atoms with Crippen molar-refractivity contribution in [3.63, 3.8) is 0 Å². The van der Waals surface area contributed by atoms with Crippen LogP contribution in [0.5, 0.6) is 5.75 Å². The van der Waals surface area contributed by atoms with Gasteiger partial charge in [-0.3, -0.25) is 4.99 Å². The first kappa shape index (κ1) is 15.1. The van der Waals surface area contributed by atoms with Gasteiger partial charge in [0.1, 0.15) is 17.7 Å². The van der Waals surface area contributed by atoms with E-state index >= 15 is 0 Å². The predicted molar refractivity (Wildman–Crippen MR) is 93.1 cm³/mol. The van der Waals surface area contributed by atoms with Gasteiger partial charge in [-0.25, -0.2) is 4.99 Å². The molecule has 0 saturated carbocycles. The van der Waals surface area contributed by atoms with E-state index < -0.39 is 5.66 Å². The molecule has 0 amide bonds. The molecule has 5 nitrogen and oxygen atoms in total. The number of hydrogen-bond donors (Lipinski definition) is 1. The van der Waals surface area contributed by atoms with Crippen LogP contribution in [0.15, 0.2) is 32.7 Å². The van der Waals surface area contributed by atoms with Crippen LogP contribution in [0.25, 0.3) is 0 Å². The van der Waals surface area contributed by atoms with Gasteiger partial charge >= 0.3 is 0 Å². The summed E-state index contributed by atoms with van der Waals surface area (Å²) in [7, 11) is 0. The number of benzene rings is 1. The fraction of sp³-hybridized carbons (Fsp3) is 0.529. The summed E-state index contributed by atoms with van der Waals surface area (Å²) in [5.41, 5.74) is 7.19. The third-order valence-corrected chi connectivity index (χ3v) is 5.38. The molecular weight excluding hydrogens is 358 g/mol. The summed E-state index contributed by atoms with van der Waals surface area (Å²) in [6.07, 6.45) is 2.96. The lowest BCUT2D eigenvalue weighted by atomic mass is 9.83. The molecule has 0 radical (unpaired) electrons. The Labute approximate surface area is 144 Å². The second-order valence-corrected chi connectivity index (χ2v) is 7.40. The summed E-state index contributed by atoms with van der Waals surface area (Å²) >= 11 is 3.54. The van der Waals surface area contributed by atoms with E-state index in [1.165, 1.54) is 0 Å². The van der Waals surface area contributed by atoms with Crippen LogP contribution in [0.2, 0.25) is 0 Å². The summed E-state index contributed by atoms with van der Waals surface area (Å²) in [5, 5.41) is 0. The Morgan fingerprint density at radius 3 is 2.91 bits per heavy atom. The quantitative estimate of drug-likeness (QED) is 0.817. The summed E-state index contributed by atoms with van der Waals surface area (Å²) in [6, 6.07) is 6.03. The van der Waals surface area contributed by atoms with E-state index in [1.54, 1.807) is 0 Å². The Hall–Kier alpha value is -1.40. The molecule has 1 aromatic carbocycles. The molecule has 6 heteroatoms. The molecule has 1 aromatic rings. The minimum absolute atomic E-state index is 0.0511. The highest BCUT2D eigenvalue weighted by atomic mass is 79.9. The smallest absolute Gasteiger partial charge is 0.185 e. The Morgan fingerprint density at radius 1 is 1.35 bits per heavy atom. The summed E-state index contributed by atoms with van der Waals surface area (Å²) < 4.78 is 12.9. The number of rotatable bonds is 1. The second kappa shape index (κ2) is 5.60. The topological polar surface area (TPSA) is 69.2 Å². The van der Waals surface area contributed by atoms with Gasteiger partial charge in [0, 0.05) is 29.0 Å². The average Bonchev–Trinajstić information content (AvgIpc) is 2.83. The number of halogens is 1. The average molecular weight is 378 g/mol. The van der Waals surface area contributed by atoms with Gasteiger partial charge in [-0.2, -0.15) is 0 Å². The first-order valence-electron chi connectivity index (χ1n) is 8.04. The first-order chi connectivity index (χ1) is 11.1. The number of amidine groups is 1. The fourth-order valence-electron chi connectivity index (χ4n) is 3.69. The molecule has 1 fully saturated rings. The molecule has 0 aliphatic carbocycles. The van der Waals surface area contributed by atoms with Crippen molar-refractivity contribution >= 4 is 27.5 Å². The van der Waals surface area contributed by atoms with Gasteiger partial charge < -0.3 is 15.2 Å². The van der Waals surface area contributed by atoms with Crippen LogP contribution >= 0.6 is 15.9 Å². The van der Waals surface area contributed by atoms with Crippen LogP contribution in [0.4, 0.5) is 0 Å². The van der Waals surface area contributed by atoms with Crippen molar-refractivity contribution in [1.29, 1.82) is 0 Å². The van der Waals surface area contributed by atoms with Crippen molar-refractivity contribution < 1.29 is 9.47 Å². The minimum atomic E-state index is -0.645. The number of nitrogens with two attached hydrogens (primary N) is 1. The van der Waals surface area contributed by atoms with E-state index in [0.717, 1.165) is 47.6 Å². The SMILES string of the molecule is CC1=N[C@]2(C[C@H]([C@@H]3CCCOC3)Oc3ccc(Br)cc32)N=C1N. The van der Waals surface area contributed by atoms with Gasteiger partial charge in [0.25, 0.3) is 0 Å². The maximum absolute atomic E-state index is 6.30. The molecule has 4 rings (SSSR count). The lowest BCUT2D eigenvalue weighted by Crippen LogP contribution is -2.42. The molecule has 0 unspecified atom stereocenters. The van der Waals surface area contributed by atoms with Crippen molar-refractivity contribution in [2.75, 3.05) is 13.2 Å². The fourth-order valence-corrected chi connectivity index (χ4v) is 4.05. The number of ether oxygens (including phenoxy) is 2. The zero-order chi connectivity index (χ0) is 16.0. The lowest BCUT2D eigenvalue weighted by Gasteiger charge is -2.40. The number of fused-ring (bicyclic) bond motifs is 2. The maximum atomic E-state index is 6.30. The van der Waals surface area contributed by atoms with E-state index in [1.807, 2.05) is 25.1 Å².